The topological polar surface area (TPSA) is 37.3 Å². The predicted octanol–water partition coefficient (Wildman–Crippen LogP) is 2.79. The van der Waals surface area contributed by atoms with Gasteiger partial charge in [-0.15, -0.1) is 11.8 Å². The van der Waals surface area contributed by atoms with Crippen LogP contribution < -0.4 is 0 Å². The molecule has 0 heterocycles. The van der Waals surface area contributed by atoms with Crippen molar-refractivity contribution < 1.29 is 9.90 Å². The number of rotatable bonds is 3. The van der Waals surface area contributed by atoms with Gasteiger partial charge in [-0.05, 0) is 31.4 Å². The molecule has 0 unspecified atom stereocenters. The van der Waals surface area contributed by atoms with Crippen molar-refractivity contribution in [3.63, 3.8) is 0 Å². The van der Waals surface area contributed by atoms with Crippen molar-refractivity contribution in [1.82, 2.24) is 0 Å². The maximum atomic E-state index is 11.1. The van der Waals surface area contributed by atoms with Crippen molar-refractivity contribution >= 4 is 17.7 Å². The number of thioether (sulfide) groups is 1. The van der Waals surface area contributed by atoms with E-state index < -0.39 is 10.7 Å². The Hall–Kier alpha value is -0.960. The maximum Gasteiger partial charge on any atom is 0.320 e. The van der Waals surface area contributed by atoms with Gasteiger partial charge in [-0.2, -0.15) is 0 Å². The van der Waals surface area contributed by atoms with Crippen LogP contribution in [-0.4, -0.2) is 15.8 Å². The summed E-state index contributed by atoms with van der Waals surface area (Å²) in [7, 11) is 0. The van der Waals surface area contributed by atoms with Crippen molar-refractivity contribution in [3.05, 3.63) is 30.3 Å². The molecule has 2 rings (SSSR count). The zero-order valence-corrected chi connectivity index (χ0v) is 8.59. The monoisotopic (exact) mass is 208 g/mol. The quantitative estimate of drug-likeness (QED) is 0.830. The summed E-state index contributed by atoms with van der Waals surface area (Å²) in [5.74, 6) is -0.669. The summed E-state index contributed by atoms with van der Waals surface area (Å²) in [4.78, 5) is 12.1. The molecular formula is C11H12O2S. The predicted molar refractivity (Wildman–Crippen MR) is 56.5 cm³/mol. The van der Waals surface area contributed by atoms with Crippen LogP contribution in [0.25, 0.3) is 0 Å². The van der Waals surface area contributed by atoms with E-state index in [1.807, 2.05) is 30.3 Å². The molecule has 1 aromatic carbocycles. The van der Waals surface area contributed by atoms with Gasteiger partial charge < -0.3 is 5.11 Å². The standard InChI is InChI=1S/C11H12O2S/c12-10(13)11(7-4-8-11)14-9-5-2-1-3-6-9/h1-3,5-6H,4,7-8H2,(H,12,13). The highest BCUT2D eigenvalue weighted by Gasteiger charge is 2.45. The second kappa shape index (κ2) is 3.65. The Labute approximate surface area is 87.3 Å². The second-order valence-corrected chi connectivity index (χ2v) is 5.03. The van der Waals surface area contributed by atoms with E-state index in [1.165, 1.54) is 11.8 Å². The van der Waals surface area contributed by atoms with Crippen molar-refractivity contribution in [1.29, 1.82) is 0 Å². The van der Waals surface area contributed by atoms with Crippen LogP contribution in [0.1, 0.15) is 19.3 Å². The van der Waals surface area contributed by atoms with Gasteiger partial charge in [-0.3, -0.25) is 4.79 Å². The van der Waals surface area contributed by atoms with Crippen LogP contribution in [0.3, 0.4) is 0 Å². The zero-order valence-electron chi connectivity index (χ0n) is 7.77. The molecule has 0 spiro atoms. The summed E-state index contributed by atoms with van der Waals surface area (Å²) < 4.78 is -0.540. The lowest BCUT2D eigenvalue weighted by atomic mass is 9.84. The van der Waals surface area contributed by atoms with Crippen molar-refractivity contribution in [2.45, 2.75) is 28.9 Å². The average Bonchev–Trinajstić information content (AvgIpc) is 2.12. The minimum Gasteiger partial charge on any atom is -0.480 e. The lowest BCUT2D eigenvalue weighted by Gasteiger charge is -2.36. The fourth-order valence-electron chi connectivity index (χ4n) is 1.57. The van der Waals surface area contributed by atoms with E-state index in [4.69, 9.17) is 5.11 Å². The molecule has 14 heavy (non-hydrogen) atoms. The second-order valence-electron chi connectivity index (χ2n) is 3.57. The van der Waals surface area contributed by atoms with E-state index >= 15 is 0 Å². The zero-order chi connectivity index (χ0) is 10.0. The number of aliphatic carboxylic acids is 1. The molecule has 1 aliphatic rings. The van der Waals surface area contributed by atoms with Crippen LogP contribution in [0.5, 0.6) is 0 Å². The van der Waals surface area contributed by atoms with Gasteiger partial charge in [0.25, 0.3) is 0 Å². The molecule has 0 aromatic heterocycles. The molecule has 0 atom stereocenters. The van der Waals surface area contributed by atoms with Crippen LogP contribution in [0.4, 0.5) is 0 Å². The van der Waals surface area contributed by atoms with Gasteiger partial charge in [0.2, 0.25) is 0 Å². The molecule has 1 aliphatic carbocycles. The van der Waals surface area contributed by atoms with Gasteiger partial charge in [0, 0.05) is 4.90 Å². The van der Waals surface area contributed by atoms with Crippen LogP contribution in [0, 0.1) is 0 Å². The van der Waals surface area contributed by atoms with Gasteiger partial charge in [-0.25, -0.2) is 0 Å². The Bertz CT molecular complexity index is 330. The third kappa shape index (κ3) is 1.64. The maximum absolute atomic E-state index is 11.1. The lowest BCUT2D eigenvalue weighted by Crippen LogP contribution is -2.41. The molecule has 74 valence electrons. The van der Waals surface area contributed by atoms with Gasteiger partial charge in [-0.1, -0.05) is 18.2 Å². The Morgan fingerprint density at radius 2 is 1.93 bits per heavy atom. The fourth-order valence-corrected chi connectivity index (χ4v) is 2.90. The highest BCUT2D eigenvalue weighted by Crippen LogP contribution is 2.47. The molecule has 1 saturated carbocycles. The van der Waals surface area contributed by atoms with Crippen LogP contribution >= 0.6 is 11.8 Å². The molecule has 0 radical (unpaired) electrons. The summed E-state index contributed by atoms with van der Waals surface area (Å²) >= 11 is 1.49. The van der Waals surface area contributed by atoms with Crippen LogP contribution in [0.2, 0.25) is 0 Å². The third-order valence-electron chi connectivity index (χ3n) is 2.61. The first-order chi connectivity index (χ1) is 6.73. The Morgan fingerprint density at radius 1 is 1.29 bits per heavy atom. The first-order valence-electron chi connectivity index (χ1n) is 4.70. The number of hydrogen-bond acceptors (Lipinski definition) is 2. The minimum atomic E-state index is -0.669. The number of benzene rings is 1. The Morgan fingerprint density at radius 3 is 2.36 bits per heavy atom. The number of hydrogen-bond donors (Lipinski definition) is 1. The minimum absolute atomic E-state index is 0.540. The smallest absolute Gasteiger partial charge is 0.320 e. The molecule has 0 saturated heterocycles. The highest BCUT2D eigenvalue weighted by molar-refractivity contribution is 8.01. The van der Waals surface area contributed by atoms with Gasteiger partial charge in [0.1, 0.15) is 4.75 Å². The normalized spacial score (nSPS) is 18.6. The summed E-state index contributed by atoms with van der Waals surface area (Å²) in [6.45, 7) is 0. The lowest BCUT2D eigenvalue weighted by molar-refractivity contribution is -0.142. The number of carboxylic acids is 1. The van der Waals surface area contributed by atoms with Gasteiger partial charge in [0.05, 0.1) is 0 Å². The highest BCUT2D eigenvalue weighted by atomic mass is 32.2. The first-order valence-corrected chi connectivity index (χ1v) is 5.52. The molecule has 0 bridgehead atoms. The molecule has 2 nitrogen and oxygen atoms in total. The number of carboxylic acid groups (broad SMARTS) is 1. The van der Waals surface area contributed by atoms with E-state index in [-0.39, 0.29) is 0 Å². The van der Waals surface area contributed by atoms with E-state index in [2.05, 4.69) is 0 Å². The third-order valence-corrected chi connectivity index (χ3v) is 4.09. The SMILES string of the molecule is O=C(O)C1(Sc2ccccc2)CCC1. The molecular weight excluding hydrogens is 196 g/mol. The molecule has 1 aromatic rings. The van der Waals surface area contributed by atoms with E-state index in [1.54, 1.807) is 0 Å². The Balaban J connectivity index is 2.13. The summed E-state index contributed by atoms with van der Waals surface area (Å²) in [5.41, 5.74) is 0. The summed E-state index contributed by atoms with van der Waals surface area (Å²) in [5, 5.41) is 9.12. The van der Waals surface area contributed by atoms with E-state index in [0.717, 1.165) is 24.2 Å². The first kappa shape index (κ1) is 9.59. The molecule has 0 amide bonds. The van der Waals surface area contributed by atoms with Crippen molar-refractivity contribution in [2.75, 3.05) is 0 Å². The Kier molecular flexibility index (Phi) is 2.50. The van der Waals surface area contributed by atoms with Crippen LogP contribution in [0.15, 0.2) is 35.2 Å². The summed E-state index contributed by atoms with van der Waals surface area (Å²) in [6.07, 6.45) is 2.62. The van der Waals surface area contributed by atoms with Crippen LogP contribution in [-0.2, 0) is 4.79 Å². The van der Waals surface area contributed by atoms with E-state index in [0.29, 0.717) is 0 Å². The molecule has 1 fully saturated rings. The molecule has 1 N–H and O–H groups in total. The molecule has 3 heteroatoms. The molecule has 0 aliphatic heterocycles. The number of carbonyl (C=O) groups is 1. The summed E-state index contributed by atoms with van der Waals surface area (Å²) in [6, 6.07) is 9.76. The largest absolute Gasteiger partial charge is 0.480 e. The van der Waals surface area contributed by atoms with Crippen molar-refractivity contribution in [3.8, 4) is 0 Å². The average molecular weight is 208 g/mol. The van der Waals surface area contributed by atoms with Crippen molar-refractivity contribution in [2.24, 2.45) is 0 Å². The fraction of sp³-hybridized carbons (Fsp3) is 0.364. The van der Waals surface area contributed by atoms with Gasteiger partial charge >= 0.3 is 5.97 Å². The van der Waals surface area contributed by atoms with Gasteiger partial charge in [0.15, 0.2) is 0 Å². The van der Waals surface area contributed by atoms with E-state index in [9.17, 15) is 4.79 Å².